The zero-order valence-corrected chi connectivity index (χ0v) is 11.2. The Morgan fingerprint density at radius 3 is 2.80 bits per heavy atom. The van der Waals surface area contributed by atoms with Gasteiger partial charge >= 0.3 is 0 Å². The Hall–Kier alpha value is -2.21. The van der Waals surface area contributed by atoms with Crippen molar-refractivity contribution in [1.82, 2.24) is 9.38 Å². The monoisotopic (exact) mass is 273 g/mol. The maximum Gasteiger partial charge on any atom is 0.297 e. The zero-order valence-electron chi connectivity index (χ0n) is 11.2. The van der Waals surface area contributed by atoms with Crippen LogP contribution in [0.2, 0.25) is 0 Å². The lowest BCUT2D eigenvalue weighted by Crippen LogP contribution is -2.40. The molecule has 3 rings (SSSR count). The van der Waals surface area contributed by atoms with E-state index in [1.165, 1.54) is 0 Å². The summed E-state index contributed by atoms with van der Waals surface area (Å²) < 4.78 is 6.96. The first-order chi connectivity index (χ1) is 9.72. The Kier molecular flexibility index (Phi) is 3.23. The lowest BCUT2D eigenvalue weighted by Gasteiger charge is -2.29. The van der Waals surface area contributed by atoms with Gasteiger partial charge in [0.1, 0.15) is 17.0 Å². The van der Waals surface area contributed by atoms with Crippen LogP contribution in [0.25, 0.3) is 5.65 Å². The van der Waals surface area contributed by atoms with Gasteiger partial charge in [-0.15, -0.1) is 0 Å². The van der Waals surface area contributed by atoms with Crippen molar-refractivity contribution in [3.05, 3.63) is 39.9 Å². The number of rotatable bonds is 2. The number of hydrogen-bond donors (Lipinski definition) is 0. The van der Waals surface area contributed by atoms with Crippen molar-refractivity contribution >= 4 is 17.6 Å². The predicted molar refractivity (Wildman–Crippen MR) is 74.6 cm³/mol. The molecular formula is C14H15N3O3. The molecule has 6 heteroatoms. The number of aldehydes is 1. The molecule has 0 spiro atoms. The molecule has 1 saturated heterocycles. The van der Waals surface area contributed by atoms with Gasteiger partial charge in [-0.3, -0.25) is 14.0 Å². The summed E-state index contributed by atoms with van der Waals surface area (Å²) >= 11 is 0. The van der Waals surface area contributed by atoms with E-state index in [-0.39, 0.29) is 5.56 Å². The Morgan fingerprint density at radius 2 is 2.10 bits per heavy atom. The van der Waals surface area contributed by atoms with Crippen LogP contribution in [0.1, 0.15) is 16.1 Å². The van der Waals surface area contributed by atoms with Crippen LogP contribution in [-0.2, 0) is 4.74 Å². The summed E-state index contributed by atoms with van der Waals surface area (Å²) in [6.45, 7) is 4.15. The molecule has 1 aliphatic heterocycles. The molecule has 6 nitrogen and oxygen atoms in total. The van der Waals surface area contributed by atoms with E-state index in [9.17, 15) is 9.59 Å². The average Bonchev–Trinajstić information content (AvgIpc) is 2.48. The minimum absolute atomic E-state index is 0.352. The number of aromatic nitrogens is 2. The highest BCUT2D eigenvalue weighted by Crippen LogP contribution is 2.18. The van der Waals surface area contributed by atoms with Gasteiger partial charge in [0, 0.05) is 19.3 Å². The minimum atomic E-state index is -0.358. The van der Waals surface area contributed by atoms with Gasteiger partial charge in [0.15, 0.2) is 6.29 Å². The van der Waals surface area contributed by atoms with Crippen LogP contribution in [0.15, 0.2) is 23.1 Å². The predicted octanol–water partition coefficient (Wildman–Crippen LogP) is 0.652. The molecule has 104 valence electrons. The van der Waals surface area contributed by atoms with E-state index in [0.29, 0.717) is 43.3 Å². The third-order valence-electron chi connectivity index (χ3n) is 3.51. The molecule has 0 amide bonds. The summed E-state index contributed by atoms with van der Waals surface area (Å²) in [6.07, 6.45) is 2.47. The first-order valence-corrected chi connectivity index (χ1v) is 6.52. The van der Waals surface area contributed by atoms with Crippen molar-refractivity contribution in [2.24, 2.45) is 0 Å². The Bertz CT molecular complexity index is 717. The van der Waals surface area contributed by atoms with Crippen molar-refractivity contribution in [3.63, 3.8) is 0 Å². The van der Waals surface area contributed by atoms with Crippen molar-refractivity contribution in [2.45, 2.75) is 6.92 Å². The number of pyridine rings is 1. The van der Waals surface area contributed by atoms with Crippen LogP contribution in [0, 0.1) is 6.92 Å². The number of ether oxygens (including phenoxy) is 1. The third kappa shape index (κ3) is 1.98. The number of anilines is 1. The summed E-state index contributed by atoms with van der Waals surface area (Å²) in [5.41, 5.74) is 1.75. The number of carbonyl (C=O) groups is 1. The molecule has 0 atom stereocenters. The summed E-state index contributed by atoms with van der Waals surface area (Å²) in [7, 11) is 0. The van der Waals surface area contributed by atoms with Crippen LogP contribution < -0.4 is 10.5 Å². The van der Waals surface area contributed by atoms with E-state index < -0.39 is 0 Å². The van der Waals surface area contributed by atoms with Crippen LogP contribution in [-0.4, -0.2) is 42.0 Å². The lowest BCUT2D eigenvalue weighted by atomic mass is 10.2. The molecule has 0 aromatic carbocycles. The van der Waals surface area contributed by atoms with E-state index in [0.717, 1.165) is 11.8 Å². The van der Waals surface area contributed by atoms with Crippen LogP contribution in [0.5, 0.6) is 0 Å². The SMILES string of the molecule is Cc1cccn2c(C=O)c(N3CCOCC3)c(=O)nc12. The third-order valence-corrected chi connectivity index (χ3v) is 3.51. The van der Waals surface area contributed by atoms with Crippen molar-refractivity contribution < 1.29 is 9.53 Å². The molecule has 1 aliphatic rings. The highest BCUT2D eigenvalue weighted by Gasteiger charge is 2.21. The Morgan fingerprint density at radius 1 is 1.35 bits per heavy atom. The van der Waals surface area contributed by atoms with Crippen LogP contribution >= 0.6 is 0 Å². The van der Waals surface area contributed by atoms with Gasteiger partial charge in [-0.2, -0.15) is 4.98 Å². The average molecular weight is 273 g/mol. The Labute approximate surface area is 115 Å². The quantitative estimate of drug-likeness (QED) is 0.752. The second-order valence-electron chi connectivity index (χ2n) is 4.75. The number of hydrogen-bond acceptors (Lipinski definition) is 5. The molecule has 3 heterocycles. The fourth-order valence-corrected chi connectivity index (χ4v) is 2.51. The minimum Gasteiger partial charge on any atom is -0.378 e. The van der Waals surface area contributed by atoms with Gasteiger partial charge in [-0.05, 0) is 18.6 Å². The lowest BCUT2D eigenvalue weighted by molar-refractivity contribution is 0.111. The largest absolute Gasteiger partial charge is 0.378 e. The van der Waals surface area contributed by atoms with Gasteiger partial charge in [0.05, 0.1) is 13.2 Å². The molecule has 0 unspecified atom stereocenters. The molecule has 2 aromatic heterocycles. The van der Waals surface area contributed by atoms with Gasteiger partial charge < -0.3 is 9.64 Å². The molecule has 0 radical (unpaired) electrons. The number of nitrogens with zero attached hydrogens (tertiary/aromatic N) is 3. The fraction of sp³-hybridized carbons (Fsp3) is 0.357. The van der Waals surface area contributed by atoms with Crippen molar-refractivity contribution in [1.29, 1.82) is 0 Å². The van der Waals surface area contributed by atoms with Gasteiger partial charge in [-0.1, -0.05) is 6.07 Å². The standard InChI is InChI=1S/C14H15N3O3/c1-10-3-2-4-17-11(9-18)12(14(19)15-13(10)17)16-5-7-20-8-6-16/h2-4,9H,5-8H2,1H3. The summed E-state index contributed by atoms with van der Waals surface area (Å²) in [4.78, 5) is 29.8. The van der Waals surface area contributed by atoms with Crippen LogP contribution in [0.3, 0.4) is 0 Å². The number of fused-ring (bicyclic) bond motifs is 1. The van der Waals surface area contributed by atoms with Crippen molar-refractivity contribution in [2.75, 3.05) is 31.2 Å². The molecule has 20 heavy (non-hydrogen) atoms. The fourth-order valence-electron chi connectivity index (χ4n) is 2.51. The van der Waals surface area contributed by atoms with E-state index >= 15 is 0 Å². The normalized spacial score (nSPS) is 15.6. The molecule has 0 N–H and O–H groups in total. The number of carbonyl (C=O) groups excluding carboxylic acids is 1. The molecular weight excluding hydrogens is 258 g/mol. The number of morpholine rings is 1. The molecule has 2 aromatic rings. The van der Waals surface area contributed by atoms with E-state index in [1.54, 1.807) is 10.6 Å². The maximum absolute atomic E-state index is 12.3. The number of aryl methyl sites for hydroxylation is 1. The van der Waals surface area contributed by atoms with E-state index in [2.05, 4.69) is 4.98 Å². The second-order valence-corrected chi connectivity index (χ2v) is 4.75. The molecule has 0 aliphatic carbocycles. The molecule has 1 fully saturated rings. The highest BCUT2D eigenvalue weighted by molar-refractivity contribution is 5.83. The topological polar surface area (TPSA) is 63.9 Å². The molecule has 0 bridgehead atoms. The highest BCUT2D eigenvalue weighted by atomic mass is 16.5. The van der Waals surface area contributed by atoms with E-state index in [4.69, 9.17) is 4.74 Å². The first-order valence-electron chi connectivity index (χ1n) is 6.52. The maximum atomic E-state index is 12.3. The zero-order chi connectivity index (χ0) is 14.1. The summed E-state index contributed by atoms with van der Waals surface area (Å²) in [5.74, 6) is 0. The van der Waals surface area contributed by atoms with Gasteiger partial charge in [-0.25, -0.2) is 0 Å². The smallest absolute Gasteiger partial charge is 0.297 e. The Balaban J connectivity index is 2.28. The van der Waals surface area contributed by atoms with E-state index in [1.807, 2.05) is 24.0 Å². The van der Waals surface area contributed by atoms with Gasteiger partial charge in [0.2, 0.25) is 0 Å². The second kappa shape index (κ2) is 5.05. The van der Waals surface area contributed by atoms with Crippen molar-refractivity contribution in [3.8, 4) is 0 Å². The summed E-state index contributed by atoms with van der Waals surface area (Å²) in [6, 6.07) is 3.70. The summed E-state index contributed by atoms with van der Waals surface area (Å²) in [5, 5.41) is 0. The first kappa shape index (κ1) is 12.8. The van der Waals surface area contributed by atoms with Gasteiger partial charge in [0.25, 0.3) is 5.56 Å². The van der Waals surface area contributed by atoms with Crippen LogP contribution in [0.4, 0.5) is 5.69 Å². The molecule has 0 saturated carbocycles.